The number of aliphatic hydroxyl groups excluding tert-OH is 1. The first-order valence-electron chi connectivity index (χ1n) is 9.27. The van der Waals surface area contributed by atoms with Crippen LogP contribution in [0.2, 0.25) is 5.02 Å². The van der Waals surface area contributed by atoms with Crippen molar-refractivity contribution >= 4 is 34.8 Å². The number of β-amino-alcohol motifs (C(OH)–C–C–N with tert-alkyl or cyclic N) is 1. The van der Waals surface area contributed by atoms with Crippen molar-refractivity contribution in [2.75, 3.05) is 30.3 Å². The van der Waals surface area contributed by atoms with E-state index in [-0.39, 0.29) is 23.4 Å². The average Bonchev–Trinajstić information content (AvgIpc) is 2.72. The fourth-order valence-corrected chi connectivity index (χ4v) is 3.42. The van der Waals surface area contributed by atoms with Crippen molar-refractivity contribution in [3.63, 3.8) is 0 Å². The molecule has 0 aromatic heterocycles. The molecule has 8 heteroatoms. The highest BCUT2D eigenvalue weighted by Crippen LogP contribution is 2.21. The number of nitriles is 1. The molecular weight excluding hydrogens is 392 g/mol. The highest BCUT2D eigenvalue weighted by molar-refractivity contribution is 6.32. The van der Waals surface area contributed by atoms with Gasteiger partial charge >= 0.3 is 0 Å². The molecule has 0 radical (unpaired) electrons. The topological polar surface area (TPSA) is 105 Å². The molecule has 1 aliphatic rings. The molecule has 1 atom stereocenters. The Morgan fingerprint density at radius 1 is 1.28 bits per heavy atom. The van der Waals surface area contributed by atoms with Crippen LogP contribution in [-0.4, -0.2) is 47.6 Å². The number of aliphatic hydroxyl groups is 1. The normalized spacial score (nSPS) is 16.0. The summed E-state index contributed by atoms with van der Waals surface area (Å²) in [5.74, 6) is -0.493. The van der Waals surface area contributed by atoms with Gasteiger partial charge in [0.15, 0.2) is 0 Å². The maximum atomic E-state index is 12.8. The molecule has 0 aliphatic carbocycles. The van der Waals surface area contributed by atoms with Crippen LogP contribution in [-0.2, 0) is 4.79 Å². The fourth-order valence-electron chi connectivity index (χ4n) is 3.20. The smallest absolute Gasteiger partial charge is 0.256 e. The van der Waals surface area contributed by atoms with Gasteiger partial charge in [-0.15, -0.1) is 0 Å². The Kier molecular flexibility index (Phi) is 6.70. The zero-order valence-electron chi connectivity index (χ0n) is 15.7. The Hall–Kier alpha value is -3.08. The van der Waals surface area contributed by atoms with Gasteiger partial charge in [0, 0.05) is 24.5 Å². The SMILES string of the molecule is N#Cc1ccc(NC(=O)CNc2ccccc2C(=O)N2CCCC(O)C2)cc1Cl. The Bertz CT molecular complexity index is 957. The molecule has 29 heavy (non-hydrogen) atoms. The molecule has 3 rings (SSSR count). The van der Waals surface area contributed by atoms with Gasteiger partial charge < -0.3 is 20.6 Å². The molecule has 0 spiro atoms. The second kappa shape index (κ2) is 9.41. The summed E-state index contributed by atoms with van der Waals surface area (Å²) >= 11 is 5.98. The number of halogens is 1. The average molecular weight is 413 g/mol. The summed E-state index contributed by atoms with van der Waals surface area (Å²) < 4.78 is 0. The second-order valence-corrected chi connectivity index (χ2v) is 7.21. The molecule has 150 valence electrons. The minimum Gasteiger partial charge on any atom is -0.391 e. The van der Waals surface area contributed by atoms with Crippen LogP contribution >= 0.6 is 11.6 Å². The Morgan fingerprint density at radius 3 is 2.79 bits per heavy atom. The molecule has 1 fully saturated rings. The number of hydrogen-bond donors (Lipinski definition) is 3. The summed E-state index contributed by atoms with van der Waals surface area (Å²) in [6.07, 6.45) is 0.958. The molecule has 0 bridgehead atoms. The van der Waals surface area contributed by atoms with Crippen LogP contribution in [0.5, 0.6) is 0 Å². The van der Waals surface area contributed by atoms with E-state index >= 15 is 0 Å². The number of carbonyl (C=O) groups is 2. The van der Waals surface area contributed by atoms with Crippen molar-refractivity contribution in [2.45, 2.75) is 18.9 Å². The van der Waals surface area contributed by atoms with Crippen LogP contribution in [0.1, 0.15) is 28.8 Å². The van der Waals surface area contributed by atoms with E-state index in [9.17, 15) is 14.7 Å². The number of para-hydroxylation sites is 1. The molecule has 1 aliphatic heterocycles. The third-order valence-corrected chi connectivity index (χ3v) is 4.97. The Labute approximate surface area is 173 Å². The predicted octanol–water partition coefficient (Wildman–Crippen LogP) is 2.86. The zero-order valence-corrected chi connectivity index (χ0v) is 16.4. The lowest BCUT2D eigenvalue weighted by Crippen LogP contribution is -2.42. The number of piperidine rings is 1. The Morgan fingerprint density at radius 2 is 2.07 bits per heavy atom. The van der Waals surface area contributed by atoms with Crippen LogP contribution in [0.25, 0.3) is 0 Å². The number of anilines is 2. The summed E-state index contributed by atoms with van der Waals surface area (Å²) in [5.41, 5.74) is 1.81. The summed E-state index contributed by atoms with van der Waals surface area (Å²) in [5, 5.41) is 24.7. The molecule has 1 saturated heterocycles. The molecule has 1 unspecified atom stereocenters. The summed E-state index contributed by atoms with van der Waals surface area (Å²) in [6.45, 7) is 0.863. The van der Waals surface area contributed by atoms with Gasteiger partial charge in [-0.25, -0.2) is 0 Å². The van der Waals surface area contributed by atoms with E-state index in [1.165, 1.54) is 12.1 Å². The van der Waals surface area contributed by atoms with Crippen LogP contribution in [0.3, 0.4) is 0 Å². The van der Waals surface area contributed by atoms with E-state index in [0.717, 1.165) is 6.42 Å². The minimum absolute atomic E-state index is 0.0511. The molecule has 2 aromatic carbocycles. The minimum atomic E-state index is -0.502. The van der Waals surface area contributed by atoms with Crippen molar-refractivity contribution in [1.29, 1.82) is 5.26 Å². The number of nitrogens with one attached hydrogen (secondary N) is 2. The molecule has 1 heterocycles. The molecule has 2 aromatic rings. The van der Waals surface area contributed by atoms with Crippen molar-refractivity contribution in [3.05, 3.63) is 58.6 Å². The molecule has 3 N–H and O–H groups in total. The van der Waals surface area contributed by atoms with E-state index in [4.69, 9.17) is 16.9 Å². The first-order chi connectivity index (χ1) is 14.0. The van der Waals surface area contributed by atoms with Crippen molar-refractivity contribution in [3.8, 4) is 6.07 Å². The number of nitrogens with zero attached hydrogens (tertiary/aromatic N) is 2. The van der Waals surface area contributed by atoms with Crippen LogP contribution in [0, 0.1) is 11.3 Å². The van der Waals surface area contributed by atoms with Crippen molar-refractivity contribution in [2.24, 2.45) is 0 Å². The van der Waals surface area contributed by atoms with Crippen molar-refractivity contribution < 1.29 is 14.7 Å². The van der Waals surface area contributed by atoms with Crippen LogP contribution in [0.4, 0.5) is 11.4 Å². The van der Waals surface area contributed by atoms with Gasteiger partial charge in [-0.1, -0.05) is 23.7 Å². The van der Waals surface area contributed by atoms with E-state index in [0.29, 0.717) is 42.0 Å². The standard InChI is InChI=1S/C21H21ClN4O3/c22-18-10-15(8-7-14(18)11-23)25-20(28)12-24-19-6-2-1-5-17(19)21(29)26-9-3-4-16(27)13-26/h1-2,5-8,10,16,24,27H,3-4,9,12-13H2,(H,25,28). The third kappa shape index (κ3) is 5.25. The largest absolute Gasteiger partial charge is 0.391 e. The maximum Gasteiger partial charge on any atom is 0.256 e. The van der Waals surface area contributed by atoms with Crippen LogP contribution < -0.4 is 10.6 Å². The summed E-state index contributed by atoms with van der Waals surface area (Å²) in [6, 6.07) is 13.6. The number of amides is 2. The van der Waals surface area contributed by atoms with E-state index in [1.54, 1.807) is 35.2 Å². The van der Waals surface area contributed by atoms with Gasteiger partial charge in [-0.2, -0.15) is 5.26 Å². The summed E-state index contributed by atoms with van der Waals surface area (Å²) in [7, 11) is 0. The van der Waals surface area contributed by atoms with Gasteiger partial charge in [0.25, 0.3) is 5.91 Å². The highest BCUT2D eigenvalue weighted by atomic mass is 35.5. The van der Waals surface area contributed by atoms with Gasteiger partial charge in [0.05, 0.1) is 28.8 Å². The first kappa shape index (κ1) is 20.6. The zero-order chi connectivity index (χ0) is 20.8. The molecule has 0 saturated carbocycles. The first-order valence-corrected chi connectivity index (χ1v) is 9.65. The van der Waals surface area contributed by atoms with Gasteiger partial charge in [-0.05, 0) is 43.2 Å². The maximum absolute atomic E-state index is 12.8. The van der Waals surface area contributed by atoms with Gasteiger partial charge in [0.2, 0.25) is 5.91 Å². The van der Waals surface area contributed by atoms with E-state index in [1.807, 2.05) is 6.07 Å². The Balaban J connectivity index is 1.63. The number of likely N-dealkylation sites (tertiary alicyclic amines) is 1. The van der Waals surface area contributed by atoms with E-state index < -0.39 is 6.10 Å². The van der Waals surface area contributed by atoms with Gasteiger partial charge in [-0.3, -0.25) is 9.59 Å². The highest BCUT2D eigenvalue weighted by Gasteiger charge is 2.24. The van der Waals surface area contributed by atoms with E-state index in [2.05, 4.69) is 10.6 Å². The lowest BCUT2D eigenvalue weighted by molar-refractivity contribution is -0.114. The number of benzene rings is 2. The number of rotatable bonds is 5. The third-order valence-electron chi connectivity index (χ3n) is 4.65. The fraction of sp³-hybridized carbons (Fsp3) is 0.286. The van der Waals surface area contributed by atoms with Gasteiger partial charge in [0.1, 0.15) is 6.07 Å². The predicted molar refractivity (Wildman–Crippen MR) is 111 cm³/mol. The second-order valence-electron chi connectivity index (χ2n) is 6.80. The van der Waals surface area contributed by atoms with Crippen LogP contribution in [0.15, 0.2) is 42.5 Å². The molecule has 2 amide bonds. The quantitative estimate of drug-likeness (QED) is 0.700. The lowest BCUT2D eigenvalue weighted by Gasteiger charge is -2.30. The van der Waals surface area contributed by atoms with Crippen molar-refractivity contribution in [1.82, 2.24) is 4.90 Å². The lowest BCUT2D eigenvalue weighted by atomic mass is 10.1. The molecular formula is C21H21ClN4O3. The molecule has 7 nitrogen and oxygen atoms in total. The summed E-state index contributed by atoms with van der Waals surface area (Å²) in [4.78, 5) is 26.7. The monoisotopic (exact) mass is 412 g/mol. The number of carbonyl (C=O) groups excluding carboxylic acids is 2. The number of hydrogen-bond acceptors (Lipinski definition) is 5.